The predicted molar refractivity (Wildman–Crippen MR) is 74.4 cm³/mol. The SMILES string of the molecule is CCc1ccccc1Nc1cc([N+](=O)[O-])cc(N)n1. The highest BCUT2D eigenvalue weighted by Gasteiger charge is 2.10. The molecule has 0 bridgehead atoms. The number of para-hydroxylation sites is 1. The van der Waals surface area contributed by atoms with Gasteiger partial charge < -0.3 is 11.1 Å². The highest BCUT2D eigenvalue weighted by Crippen LogP contribution is 2.24. The Morgan fingerprint density at radius 2 is 2.11 bits per heavy atom. The predicted octanol–water partition coefficient (Wildman–Crippen LogP) is 2.88. The highest BCUT2D eigenvalue weighted by molar-refractivity contribution is 5.64. The van der Waals surface area contributed by atoms with Crippen molar-refractivity contribution in [3.63, 3.8) is 0 Å². The van der Waals surface area contributed by atoms with Crippen molar-refractivity contribution < 1.29 is 4.92 Å². The van der Waals surface area contributed by atoms with Crippen molar-refractivity contribution in [3.05, 3.63) is 52.1 Å². The summed E-state index contributed by atoms with van der Waals surface area (Å²) in [6.07, 6.45) is 0.855. The van der Waals surface area contributed by atoms with Crippen LogP contribution in [-0.2, 0) is 6.42 Å². The fourth-order valence-corrected chi connectivity index (χ4v) is 1.79. The summed E-state index contributed by atoms with van der Waals surface area (Å²) in [6.45, 7) is 2.04. The monoisotopic (exact) mass is 258 g/mol. The van der Waals surface area contributed by atoms with Crippen molar-refractivity contribution in [3.8, 4) is 0 Å². The molecule has 19 heavy (non-hydrogen) atoms. The number of nitrogens with zero attached hydrogens (tertiary/aromatic N) is 2. The second-order valence-corrected chi connectivity index (χ2v) is 4.03. The van der Waals surface area contributed by atoms with Gasteiger partial charge in [0.2, 0.25) is 0 Å². The number of nitrogens with one attached hydrogen (secondary N) is 1. The molecule has 6 heteroatoms. The zero-order valence-electron chi connectivity index (χ0n) is 10.5. The average molecular weight is 258 g/mol. The Labute approximate surface area is 110 Å². The number of benzene rings is 1. The molecule has 0 saturated carbocycles. The van der Waals surface area contributed by atoms with Crippen molar-refractivity contribution in [2.75, 3.05) is 11.1 Å². The molecule has 0 saturated heterocycles. The molecule has 0 spiro atoms. The smallest absolute Gasteiger partial charge is 0.276 e. The van der Waals surface area contributed by atoms with Gasteiger partial charge in [-0.15, -0.1) is 0 Å². The van der Waals surface area contributed by atoms with Crippen LogP contribution in [0.2, 0.25) is 0 Å². The van der Waals surface area contributed by atoms with Gasteiger partial charge in [0, 0.05) is 5.69 Å². The van der Waals surface area contributed by atoms with Crippen LogP contribution in [0.3, 0.4) is 0 Å². The van der Waals surface area contributed by atoms with Crippen LogP contribution < -0.4 is 11.1 Å². The standard InChI is InChI=1S/C13H14N4O2/c1-2-9-5-3-4-6-11(9)15-13-8-10(17(18)19)7-12(14)16-13/h3-8H,2H2,1H3,(H3,14,15,16). The molecule has 1 aromatic carbocycles. The first-order valence-electron chi connectivity index (χ1n) is 5.87. The fraction of sp³-hybridized carbons (Fsp3) is 0.154. The summed E-state index contributed by atoms with van der Waals surface area (Å²) in [7, 11) is 0. The van der Waals surface area contributed by atoms with E-state index in [1.807, 2.05) is 31.2 Å². The van der Waals surface area contributed by atoms with Crippen molar-refractivity contribution >= 4 is 23.0 Å². The van der Waals surface area contributed by atoms with Gasteiger partial charge in [0.15, 0.2) is 0 Å². The molecule has 6 nitrogen and oxygen atoms in total. The molecule has 98 valence electrons. The van der Waals surface area contributed by atoms with Crippen LogP contribution in [0.4, 0.5) is 23.0 Å². The number of aryl methyl sites for hydroxylation is 1. The molecule has 1 aromatic heterocycles. The molecule has 1 heterocycles. The van der Waals surface area contributed by atoms with Crippen LogP contribution >= 0.6 is 0 Å². The zero-order chi connectivity index (χ0) is 13.8. The number of aromatic nitrogens is 1. The maximum Gasteiger partial charge on any atom is 0.276 e. The summed E-state index contributed by atoms with van der Waals surface area (Å²) in [5, 5.41) is 13.8. The summed E-state index contributed by atoms with van der Waals surface area (Å²) in [5.41, 5.74) is 7.46. The number of nitro groups is 1. The minimum absolute atomic E-state index is 0.0796. The van der Waals surface area contributed by atoms with Gasteiger partial charge >= 0.3 is 0 Å². The second kappa shape index (κ2) is 5.34. The van der Waals surface area contributed by atoms with E-state index in [1.165, 1.54) is 12.1 Å². The van der Waals surface area contributed by atoms with E-state index in [1.54, 1.807) is 0 Å². The van der Waals surface area contributed by atoms with Gasteiger partial charge in [-0.3, -0.25) is 10.1 Å². The molecule has 0 radical (unpaired) electrons. The van der Waals surface area contributed by atoms with Crippen molar-refractivity contribution in [2.24, 2.45) is 0 Å². The van der Waals surface area contributed by atoms with Crippen LogP contribution in [0.15, 0.2) is 36.4 Å². The van der Waals surface area contributed by atoms with Crippen molar-refractivity contribution in [2.45, 2.75) is 13.3 Å². The summed E-state index contributed by atoms with van der Waals surface area (Å²) in [5.74, 6) is 0.485. The van der Waals surface area contributed by atoms with Crippen LogP contribution in [0.25, 0.3) is 0 Å². The van der Waals surface area contributed by atoms with Crippen LogP contribution in [0.5, 0.6) is 0 Å². The third kappa shape index (κ3) is 2.98. The fourth-order valence-electron chi connectivity index (χ4n) is 1.79. The normalized spacial score (nSPS) is 10.2. The Bertz CT molecular complexity index is 613. The second-order valence-electron chi connectivity index (χ2n) is 4.03. The summed E-state index contributed by atoms with van der Waals surface area (Å²) >= 11 is 0. The Balaban J connectivity index is 2.35. The van der Waals surface area contributed by atoms with Gasteiger partial charge in [0.05, 0.1) is 17.1 Å². The lowest BCUT2D eigenvalue weighted by molar-refractivity contribution is -0.384. The van der Waals surface area contributed by atoms with Gasteiger partial charge in [0.1, 0.15) is 11.6 Å². The maximum absolute atomic E-state index is 10.8. The van der Waals surface area contributed by atoms with E-state index in [4.69, 9.17) is 5.73 Å². The van der Waals surface area contributed by atoms with Gasteiger partial charge in [0.25, 0.3) is 5.69 Å². The number of pyridine rings is 1. The van der Waals surface area contributed by atoms with Gasteiger partial charge in [-0.25, -0.2) is 4.98 Å². The first-order chi connectivity index (χ1) is 9.10. The van der Waals surface area contributed by atoms with Crippen LogP contribution in [0, 0.1) is 10.1 Å². The van der Waals surface area contributed by atoms with Crippen molar-refractivity contribution in [1.82, 2.24) is 4.98 Å². The van der Waals surface area contributed by atoms with E-state index >= 15 is 0 Å². The third-order valence-electron chi connectivity index (χ3n) is 2.70. The zero-order valence-corrected chi connectivity index (χ0v) is 10.5. The average Bonchev–Trinajstić information content (AvgIpc) is 2.38. The number of rotatable bonds is 4. The Morgan fingerprint density at radius 3 is 2.79 bits per heavy atom. The minimum atomic E-state index is -0.491. The number of nitrogen functional groups attached to an aromatic ring is 1. The molecule has 0 aliphatic heterocycles. The Kier molecular flexibility index (Phi) is 3.61. The number of nitrogens with two attached hydrogens (primary N) is 1. The lowest BCUT2D eigenvalue weighted by Crippen LogP contribution is -2.01. The minimum Gasteiger partial charge on any atom is -0.383 e. The first-order valence-corrected chi connectivity index (χ1v) is 5.87. The van der Waals surface area contributed by atoms with Gasteiger partial charge in [-0.2, -0.15) is 0 Å². The van der Waals surface area contributed by atoms with Gasteiger partial charge in [-0.05, 0) is 18.1 Å². The number of anilines is 3. The van der Waals surface area contributed by atoms with Crippen LogP contribution in [0.1, 0.15) is 12.5 Å². The molecule has 0 aliphatic carbocycles. The van der Waals surface area contributed by atoms with Crippen molar-refractivity contribution in [1.29, 1.82) is 0 Å². The lowest BCUT2D eigenvalue weighted by Gasteiger charge is -2.10. The summed E-state index contributed by atoms with van der Waals surface area (Å²) < 4.78 is 0. The number of hydrogen-bond donors (Lipinski definition) is 2. The topological polar surface area (TPSA) is 94.1 Å². The molecule has 0 atom stereocenters. The Morgan fingerprint density at radius 1 is 1.37 bits per heavy atom. The van der Waals surface area contributed by atoms with E-state index < -0.39 is 4.92 Å². The molecular weight excluding hydrogens is 244 g/mol. The third-order valence-corrected chi connectivity index (χ3v) is 2.70. The molecule has 0 unspecified atom stereocenters. The molecule has 0 fully saturated rings. The Hall–Kier alpha value is -2.63. The van der Waals surface area contributed by atoms with Crippen LogP contribution in [-0.4, -0.2) is 9.91 Å². The van der Waals surface area contributed by atoms with E-state index in [9.17, 15) is 10.1 Å². The molecule has 0 aliphatic rings. The quantitative estimate of drug-likeness (QED) is 0.649. The summed E-state index contributed by atoms with van der Waals surface area (Å²) in [6, 6.07) is 10.3. The molecule has 2 aromatic rings. The first kappa shape index (κ1) is 12.8. The maximum atomic E-state index is 10.8. The lowest BCUT2D eigenvalue weighted by atomic mass is 10.1. The largest absolute Gasteiger partial charge is 0.383 e. The van der Waals surface area contributed by atoms with Gasteiger partial charge in [-0.1, -0.05) is 25.1 Å². The molecule has 0 amide bonds. The molecular formula is C13H14N4O2. The number of hydrogen-bond acceptors (Lipinski definition) is 5. The van der Waals surface area contributed by atoms with E-state index in [0.717, 1.165) is 17.7 Å². The molecule has 3 N–H and O–H groups in total. The van der Waals surface area contributed by atoms with E-state index in [0.29, 0.717) is 5.82 Å². The molecule has 2 rings (SSSR count). The van der Waals surface area contributed by atoms with E-state index in [2.05, 4.69) is 10.3 Å². The van der Waals surface area contributed by atoms with E-state index in [-0.39, 0.29) is 11.5 Å². The highest BCUT2D eigenvalue weighted by atomic mass is 16.6. The summed E-state index contributed by atoms with van der Waals surface area (Å²) in [4.78, 5) is 14.3.